The van der Waals surface area contributed by atoms with Gasteiger partial charge in [-0.1, -0.05) is 11.8 Å². The maximum atomic E-state index is 10.6. The summed E-state index contributed by atoms with van der Waals surface area (Å²) in [6.45, 7) is 6.92. The molecule has 0 unspecified atom stereocenters. The minimum Gasteiger partial charge on any atom is -0.481 e. The third-order valence-corrected chi connectivity index (χ3v) is 3.23. The van der Waals surface area contributed by atoms with E-state index in [1.165, 1.54) is 11.8 Å². The molecule has 0 aromatic carbocycles. The summed E-state index contributed by atoms with van der Waals surface area (Å²) in [6, 6.07) is 0.199. The summed E-state index contributed by atoms with van der Waals surface area (Å²) < 4.78 is 1.96. The molecule has 0 spiro atoms. The minimum atomic E-state index is -0.848. The molecule has 1 aromatic heterocycles. The van der Waals surface area contributed by atoms with Gasteiger partial charge < -0.3 is 10.0 Å². The highest BCUT2D eigenvalue weighted by atomic mass is 32.2. The van der Waals surface area contributed by atoms with Gasteiger partial charge in [0.2, 0.25) is 5.95 Å². The SMILES string of the molecule is CCN(C)c1nnc(SCC(=O)O)n1C(C)C. The maximum absolute atomic E-state index is 10.6. The van der Waals surface area contributed by atoms with Gasteiger partial charge in [-0.2, -0.15) is 0 Å². The van der Waals surface area contributed by atoms with E-state index in [2.05, 4.69) is 10.2 Å². The molecule has 17 heavy (non-hydrogen) atoms. The second kappa shape index (κ2) is 5.90. The molecular formula is C10H18N4O2S. The van der Waals surface area contributed by atoms with Crippen LogP contribution < -0.4 is 4.90 Å². The van der Waals surface area contributed by atoms with E-state index < -0.39 is 5.97 Å². The first-order valence-electron chi connectivity index (χ1n) is 5.48. The third kappa shape index (κ3) is 3.36. The van der Waals surface area contributed by atoms with Crippen molar-refractivity contribution in [2.24, 2.45) is 0 Å². The van der Waals surface area contributed by atoms with E-state index in [9.17, 15) is 4.79 Å². The van der Waals surface area contributed by atoms with E-state index in [1.807, 2.05) is 37.3 Å². The molecule has 1 N–H and O–H groups in total. The molecule has 0 atom stereocenters. The first-order valence-corrected chi connectivity index (χ1v) is 6.46. The van der Waals surface area contributed by atoms with Gasteiger partial charge in [0.1, 0.15) is 0 Å². The lowest BCUT2D eigenvalue weighted by molar-refractivity contribution is -0.133. The Kier molecular flexibility index (Phi) is 4.80. The summed E-state index contributed by atoms with van der Waals surface area (Å²) in [5, 5.41) is 17.5. The van der Waals surface area contributed by atoms with Crippen molar-refractivity contribution in [1.29, 1.82) is 0 Å². The second-order valence-electron chi connectivity index (χ2n) is 3.94. The fraction of sp³-hybridized carbons (Fsp3) is 0.700. The van der Waals surface area contributed by atoms with Gasteiger partial charge in [-0.3, -0.25) is 9.36 Å². The molecule has 0 aliphatic rings. The van der Waals surface area contributed by atoms with Crippen molar-refractivity contribution in [3.8, 4) is 0 Å². The van der Waals surface area contributed by atoms with Crippen LogP contribution in [0.4, 0.5) is 5.95 Å². The van der Waals surface area contributed by atoms with Crippen LogP contribution in [0, 0.1) is 0 Å². The molecule has 0 aliphatic carbocycles. The number of aromatic nitrogens is 3. The molecule has 1 heterocycles. The van der Waals surface area contributed by atoms with Gasteiger partial charge in [0, 0.05) is 19.6 Å². The van der Waals surface area contributed by atoms with Gasteiger partial charge >= 0.3 is 5.97 Å². The standard InChI is InChI=1S/C10H18N4O2S/c1-5-13(4)9-11-12-10(14(9)7(2)3)17-6-8(15)16/h7H,5-6H2,1-4H3,(H,15,16). The Morgan fingerprint density at radius 3 is 2.65 bits per heavy atom. The lowest BCUT2D eigenvalue weighted by Gasteiger charge is -2.19. The summed E-state index contributed by atoms with van der Waals surface area (Å²) in [4.78, 5) is 12.5. The molecule has 0 saturated heterocycles. The summed E-state index contributed by atoms with van der Waals surface area (Å²) in [5.41, 5.74) is 0. The summed E-state index contributed by atoms with van der Waals surface area (Å²) in [6.07, 6.45) is 0. The number of hydrogen-bond donors (Lipinski definition) is 1. The van der Waals surface area contributed by atoms with Crippen LogP contribution in [0.25, 0.3) is 0 Å². The highest BCUT2D eigenvalue weighted by Crippen LogP contribution is 2.25. The van der Waals surface area contributed by atoms with Crippen LogP contribution in [-0.4, -0.2) is 45.2 Å². The monoisotopic (exact) mass is 258 g/mol. The zero-order chi connectivity index (χ0) is 13.0. The van der Waals surface area contributed by atoms with Crippen molar-refractivity contribution in [3.63, 3.8) is 0 Å². The summed E-state index contributed by atoms with van der Waals surface area (Å²) >= 11 is 1.20. The van der Waals surface area contributed by atoms with Crippen LogP contribution in [0.1, 0.15) is 26.8 Å². The van der Waals surface area contributed by atoms with Crippen LogP contribution in [0.2, 0.25) is 0 Å². The van der Waals surface area contributed by atoms with Gasteiger partial charge in [0.25, 0.3) is 0 Å². The average molecular weight is 258 g/mol. The first-order chi connectivity index (χ1) is 7.97. The van der Waals surface area contributed by atoms with Crippen molar-refractivity contribution in [2.75, 3.05) is 24.2 Å². The number of hydrogen-bond acceptors (Lipinski definition) is 5. The average Bonchev–Trinajstić information content (AvgIpc) is 2.68. The number of nitrogens with zero attached hydrogens (tertiary/aromatic N) is 4. The molecule has 6 nitrogen and oxygen atoms in total. The number of rotatable bonds is 6. The Labute approximate surface area is 105 Å². The lowest BCUT2D eigenvalue weighted by Crippen LogP contribution is -2.21. The fourth-order valence-electron chi connectivity index (χ4n) is 1.35. The van der Waals surface area contributed by atoms with Crippen LogP contribution in [0.5, 0.6) is 0 Å². The van der Waals surface area contributed by atoms with Crippen LogP contribution >= 0.6 is 11.8 Å². The molecular weight excluding hydrogens is 240 g/mol. The van der Waals surface area contributed by atoms with Gasteiger partial charge in [-0.05, 0) is 20.8 Å². The van der Waals surface area contributed by atoms with E-state index in [4.69, 9.17) is 5.11 Å². The predicted molar refractivity (Wildman–Crippen MR) is 67.7 cm³/mol. The molecule has 0 fully saturated rings. The van der Waals surface area contributed by atoms with E-state index in [0.717, 1.165) is 12.5 Å². The number of aliphatic carboxylic acids is 1. The zero-order valence-corrected chi connectivity index (χ0v) is 11.4. The van der Waals surface area contributed by atoms with Crippen molar-refractivity contribution in [2.45, 2.75) is 32.0 Å². The number of carboxylic acid groups (broad SMARTS) is 1. The second-order valence-corrected chi connectivity index (χ2v) is 4.89. The Bertz CT molecular complexity index is 392. The van der Waals surface area contributed by atoms with E-state index in [0.29, 0.717) is 5.16 Å². The summed E-state index contributed by atoms with van der Waals surface area (Å²) in [5.74, 6) is -0.0742. The fourth-order valence-corrected chi connectivity index (χ4v) is 2.13. The number of thioether (sulfide) groups is 1. The number of carboxylic acids is 1. The van der Waals surface area contributed by atoms with E-state index in [-0.39, 0.29) is 11.8 Å². The first kappa shape index (κ1) is 13.8. The smallest absolute Gasteiger partial charge is 0.313 e. The Balaban J connectivity index is 2.98. The van der Waals surface area contributed by atoms with Gasteiger partial charge in [0.15, 0.2) is 5.16 Å². The van der Waals surface area contributed by atoms with Crippen molar-refractivity contribution in [1.82, 2.24) is 14.8 Å². The highest BCUT2D eigenvalue weighted by molar-refractivity contribution is 7.99. The molecule has 1 rings (SSSR count). The molecule has 1 aromatic rings. The van der Waals surface area contributed by atoms with Crippen LogP contribution in [0.3, 0.4) is 0 Å². The van der Waals surface area contributed by atoms with Gasteiger partial charge in [-0.15, -0.1) is 10.2 Å². The largest absolute Gasteiger partial charge is 0.481 e. The Hall–Kier alpha value is -1.24. The Morgan fingerprint density at radius 1 is 1.53 bits per heavy atom. The van der Waals surface area contributed by atoms with Crippen molar-refractivity contribution in [3.05, 3.63) is 0 Å². The van der Waals surface area contributed by atoms with E-state index >= 15 is 0 Å². The molecule has 96 valence electrons. The van der Waals surface area contributed by atoms with Crippen LogP contribution in [-0.2, 0) is 4.79 Å². The minimum absolute atomic E-state index is 0.000687. The van der Waals surface area contributed by atoms with Gasteiger partial charge in [-0.25, -0.2) is 0 Å². The maximum Gasteiger partial charge on any atom is 0.313 e. The zero-order valence-electron chi connectivity index (χ0n) is 10.5. The van der Waals surface area contributed by atoms with Crippen LogP contribution in [0.15, 0.2) is 5.16 Å². The summed E-state index contributed by atoms with van der Waals surface area (Å²) in [7, 11) is 1.94. The van der Waals surface area contributed by atoms with Crippen molar-refractivity contribution < 1.29 is 9.90 Å². The number of anilines is 1. The molecule has 0 saturated carbocycles. The highest BCUT2D eigenvalue weighted by Gasteiger charge is 2.18. The van der Waals surface area contributed by atoms with Gasteiger partial charge in [0.05, 0.1) is 5.75 Å². The topological polar surface area (TPSA) is 71.2 Å². The lowest BCUT2D eigenvalue weighted by atomic mass is 10.4. The Morgan fingerprint density at radius 2 is 2.18 bits per heavy atom. The number of carbonyl (C=O) groups is 1. The molecule has 7 heteroatoms. The molecule has 0 amide bonds. The normalized spacial score (nSPS) is 10.9. The predicted octanol–water partition coefficient (Wildman–Crippen LogP) is 1.49. The molecule has 0 bridgehead atoms. The van der Waals surface area contributed by atoms with Crippen molar-refractivity contribution >= 4 is 23.7 Å². The third-order valence-electron chi connectivity index (χ3n) is 2.30. The van der Waals surface area contributed by atoms with E-state index in [1.54, 1.807) is 0 Å². The molecule has 0 aliphatic heterocycles. The molecule has 0 radical (unpaired) electrons. The quantitative estimate of drug-likeness (QED) is 0.779.